The topological polar surface area (TPSA) is 24.9 Å². The van der Waals surface area contributed by atoms with Gasteiger partial charge in [0.15, 0.2) is 0 Å². The van der Waals surface area contributed by atoms with E-state index in [-0.39, 0.29) is 0 Å². The SMILES string of the molecule is [CH]CNCc1ccccn1. The Balaban J connectivity index is 2.43. The molecule has 0 saturated carbocycles. The van der Waals surface area contributed by atoms with Gasteiger partial charge in [-0.15, -0.1) is 0 Å². The van der Waals surface area contributed by atoms with Gasteiger partial charge in [0, 0.05) is 12.7 Å². The second kappa shape index (κ2) is 4.01. The van der Waals surface area contributed by atoms with Crippen molar-refractivity contribution in [3.05, 3.63) is 37.0 Å². The van der Waals surface area contributed by atoms with Crippen LogP contribution >= 0.6 is 0 Å². The van der Waals surface area contributed by atoms with Gasteiger partial charge in [-0.05, 0) is 25.6 Å². The summed E-state index contributed by atoms with van der Waals surface area (Å²) in [4.78, 5) is 4.10. The van der Waals surface area contributed by atoms with Gasteiger partial charge in [-0.2, -0.15) is 0 Å². The maximum absolute atomic E-state index is 5.24. The quantitative estimate of drug-likeness (QED) is 0.663. The monoisotopic (exact) mass is 134 g/mol. The maximum atomic E-state index is 5.24. The van der Waals surface area contributed by atoms with Gasteiger partial charge in [0.05, 0.1) is 5.69 Å². The highest BCUT2D eigenvalue weighted by Gasteiger charge is 1.87. The molecule has 0 amide bonds. The molecule has 10 heavy (non-hydrogen) atoms. The summed E-state index contributed by atoms with van der Waals surface area (Å²) in [5.74, 6) is 0. The van der Waals surface area contributed by atoms with Gasteiger partial charge in [-0.3, -0.25) is 4.98 Å². The molecule has 1 aromatic rings. The predicted molar refractivity (Wildman–Crippen MR) is 40.2 cm³/mol. The third-order valence-electron chi connectivity index (χ3n) is 1.18. The fraction of sp³-hybridized carbons (Fsp3) is 0.250. The van der Waals surface area contributed by atoms with E-state index in [0.29, 0.717) is 6.54 Å². The van der Waals surface area contributed by atoms with Crippen molar-refractivity contribution in [2.24, 2.45) is 0 Å². The van der Waals surface area contributed by atoms with Crippen molar-refractivity contribution < 1.29 is 0 Å². The van der Waals surface area contributed by atoms with Crippen LogP contribution in [0.1, 0.15) is 5.69 Å². The van der Waals surface area contributed by atoms with E-state index in [1.807, 2.05) is 18.2 Å². The van der Waals surface area contributed by atoms with Crippen LogP contribution in [0.2, 0.25) is 0 Å². The fourth-order valence-corrected chi connectivity index (χ4v) is 0.703. The van der Waals surface area contributed by atoms with Crippen molar-refractivity contribution in [2.75, 3.05) is 6.54 Å². The molecule has 2 nitrogen and oxygen atoms in total. The van der Waals surface area contributed by atoms with Crippen LogP contribution < -0.4 is 5.32 Å². The predicted octanol–water partition coefficient (Wildman–Crippen LogP) is 0.882. The van der Waals surface area contributed by atoms with Gasteiger partial charge < -0.3 is 5.32 Å². The van der Waals surface area contributed by atoms with E-state index in [1.54, 1.807) is 6.20 Å². The number of hydrogen-bond acceptors (Lipinski definition) is 2. The van der Waals surface area contributed by atoms with Crippen molar-refractivity contribution in [2.45, 2.75) is 6.54 Å². The molecule has 0 aliphatic carbocycles. The molecule has 0 atom stereocenters. The summed E-state index contributed by atoms with van der Waals surface area (Å²) in [6.45, 7) is 6.48. The zero-order valence-electron chi connectivity index (χ0n) is 5.75. The van der Waals surface area contributed by atoms with Crippen LogP contribution in [0.4, 0.5) is 0 Å². The van der Waals surface area contributed by atoms with Gasteiger partial charge >= 0.3 is 0 Å². The first-order valence-electron chi connectivity index (χ1n) is 3.24. The van der Waals surface area contributed by atoms with Gasteiger partial charge in [-0.25, -0.2) is 0 Å². The molecule has 0 fully saturated rings. The first-order valence-corrected chi connectivity index (χ1v) is 3.24. The molecule has 0 unspecified atom stereocenters. The Morgan fingerprint density at radius 3 is 3.00 bits per heavy atom. The molecule has 0 aliphatic rings. The third-order valence-corrected chi connectivity index (χ3v) is 1.18. The molecule has 2 heteroatoms. The summed E-state index contributed by atoms with van der Waals surface area (Å²) < 4.78 is 0. The van der Waals surface area contributed by atoms with Gasteiger partial charge in [0.25, 0.3) is 0 Å². The highest BCUT2D eigenvalue weighted by atomic mass is 14.9. The molecule has 1 rings (SSSR count). The van der Waals surface area contributed by atoms with E-state index in [0.717, 1.165) is 12.2 Å². The minimum Gasteiger partial charge on any atom is -0.311 e. The minimum atomic E-state index is 0.497. The Morgan fingerprint density at radius 2 is 2.40 bits per heavy atom. The number of pyridine rings is 1. The molecule has 1 aromatic heterocycles. The van der Waals surface area contributed by atoms with Gasteiger partial charge in [-0.1, -0.05) is 6.07 Å². The average Bonchev–Trinajstić information content (AvgIpc) is 2.03. The first kappa shape index (κ1) is 7.22. The molecule has 0 aliphatic heterocycles. The first-order chi connectivity index (χ1) is 4.93. The van der Waals surface area contributed by atoms with Crippen molar-refractivity contribution >= 4 is 0 Å². The molecule has 52 valence electrons. The number of nitrogens with one attached hydrogen (secondary N) is 1. The van der Waals surface area contributed by atoms with Crippen LogP contribution in [0.5, 0.6) is 0 Å². The average molecular weight is 134 g/mol. The zero-order valence-corrected chi connectivity index (χ0v) is 5.75. The van der Waals surface area contributed by atoms with E-state index >= 15 is 0 Å². The Hall–Kier alpha value is -0.890. The van der Waals surface area contributed by atoms with Crippen LogP contribution in [0.25, 0.3) is 0 Å². The molecule has 0 aromatic carbocycles. The van der Waals surface area contributed by atoms with Crippen LogP contribution in [0.15, 0.2) is 24.4 Å². The number of rotatable bonds is 3. The van der Waals surface area contributed by atoms with E-state index in [4.69, 9.17) is 6.92 Å². The van der Waals surface area contributed by atoms with E-state index in [9.17, 15) is 0 Å². The maximum Gasteiger partial charge on any atom is 0.0541 e. The summed E-state index contributed by atoms with van der Waals surface area (Å²) in [6.07, 6.45) is 1.77. The van der Waals surface area contributed by atoms with Crippen LogP contribution in [0, 0.1) is 6.92 Å². The smallest absolute Gasteiger partial charge is 0.0541 e. The number of aromatic nitrogens is 1. The largest absolute Gasteiger partial charge is 0.311 e. The minimum absolute atomic E-state index is 0.497. The van der Waals surface area contributed by atoms with E-state index in [2.05, 4.69) is 10.3 Å². The Kier molecular flexibility index (Phi) is 2.90. The molecular formula is C8H10N2. The number of hydrogen-bond donors (Lipinski definition) is 1. The van der Waals surface area contributed by atoms with Crippen molar-refractivity contribution in [3.63, 3.8) is 0 Å². The van der Waals surface area contributed by atoms with E-state index < -0.39 is 0 Å². The Bertz CT molecular complexity index is 172. The summed E-state index contributed by atoms with van der Waals surface area (Å²) in [6, 6.07) is 5.81. The van der Waals surface area contributed by atoms with Crippen molar-refractivity contribution in [1.29, 1.82) is 0 Å². The lowest BCUT2D eigenvalue weighted by atomic mass is 10.3. The summed E-state index contributed by atoms with van der Waals surface area (Å²) in [5, 5.41) is 2.98. The van der Waals surface area contributed by atoms with Crippen molar-refractivity contribution in [1.82, 2.24) is 10.3 Å². The Labute approximate surface area is 61.3 Å². The summed E-state index contributed by atoms with van der Waals surface area (Å²) in [5.41, 5.74) is 1.02. The molecule has 0 spiro atoms. The standard InChI is InChI=1S/C8H10N2/c1-2-9-7-8-5-3-4-6-10-8/h1,3-6,9H,2,7H2. The van der Waals surface area contributed by atoms with Crippen molar-refractivity contribution in [3.8, 4) is 0 Å². The van der Waals surface area contributed by atoms with Gasteiger partial charge in [0.1, 0.15) is 0 Å². The molecule has 0 saturated heterocycles. The molecular weight excluding hydrogens is 124 g/mol. The lowest BCUT2D eigenvalue weighted by Gasteiger charge is -1.98. The van der Waals surface area contributed by atoms with Crippen LogP contribution in [-0.4, -0.2) is 11.5 Å². The Morgan fingerprint density at radius 1 is 1.50 bits per heavy atom. The fourth-order valence-electron chi connectivity index (χ4n) is 0.703. The molecule has 1 N–H and O–H groups in total. The normalized spacial score (nSPS) is 9.70. The molecule has 0 bridgehead atoms. The summed E-state index contributed by atoms with van der Waals surface area (Å²) in [7, 11) is 0. The highest BCUT2D eigenvalue weighted by molar-refractivity contribution is 5.02. The van der Waals surface area contributed by atoms with E-state index in [1.165, 1.54) is 0 Å². The van der Waals surface area contributed by atoms with Gasteiger partial charge in [0.2, 0.25) is 0 Å². The van der Waals surface area contributed by atoms with Crippen LogP contribution in [0.3, 0.4) is 0 Å². The third kappa shape index (κ3) is 2.15. The van der Waals surface area contributed by atoms with Crippen LogP contribution in [-0.2, 0) is 6.54 Å². The molecule has 2 radical (unpaired) electrons. The summed E-state index contributed by atoms with van der Waals surface area (Å²) >= 11 is 0. The zero-order chi connectivity index (χ0) is 7.23. The second-order valence-electron chi connectivity index (χ2n) is 1.95. The lowest BCUT2D eigenvalue weighted by molar-refractivity contribution is 0.739. The second-order valence-corrected chi connectivity index (χ2v) is 1.95. The highest BCUT2D eigenvalue weighted by Crippen LogP contribution is 1.90. The molecule has 1 heterocycles. The lowest BCUT2D eigenvalue weighted by Crippen LogP contribution is -2.12. The number of nitrogens with zero attached hydrogens (tertiary/aromatic N) is 1.